The van der Waals surface area contributed by atoms with Gasteiger partial charge in [-0.05, 0) is 61.5 Å². The summed E-state index contributed by atoms with van der Waals surface area (Å²) in [5, 5.41) is 4.13. The zero-order valence-corrected chi connectivity index (χ0v) is 12.2. The normalized spacial score (nSPS) is 15.8. The minimum Gasteiger partial charge on any atom is -0.493 e. The van der Waals surface area contributed by atoms with Crippen molar-refractivity contribution in [3.05, 3.63) is 28.3 Å². The lowest BCUT2D eigenvalue weighted by atomic mass is 10.00. The molecule has 0 spiro atoms. The predicted octanol–water partition coefficient (Wildman–Crippen LogP) is 3.76. The van der Waals surface area contributed by atoms with E-state index < -0.39 is 0 Å². The number of aryl methyl sites for hydroxylation is 1. The van der Waals surface area contributed by atoms with Crippen LogP contribution in [0.5, 0.6) is 5.75 Å². The van der Waals surface area contributed by atoms with Gasteiger partial charge in [0.25, 0.3) is 0 Å². The van der Waals surface area contributed by atoms with Crippen LogP contribution in [0.1, 0.15) is 37.3 Å². The number of ether oxygens (including phenoxy) is 1. The molecular formula is C15H22ClNO. The zero-order valence-electron chi connectivity index (χ0n) is 11.4. The number of nitrogens with one attached hydrogen (secondary N) is 1. The Bertz CT molecular complexity index is 413. The predicted molar refractivity (Wildman–Crippen MR) is 76.7 cm³/mol. The van der Waals surface area contributed by atoms with Crippen LogP contribution in [0.2, 0.25) is 5.02 Å². The maximum atomic E-state index is 6.25. The summed E-state index contributed by atoms with van der Waals surface area (Å²) in [6.07, 6.45) is 1.13. The molecule has 1 saturated heterocycles. The molecule has 1 aromatic carbocycles. The molecule has 1 heterocycles. The number of rotatable bonds is 5. The molecule has 2 rings (SSSR count). The molecule has 1 aliphatic heterocycles. The maximum Gasteiger partial charge on any atom is 0.122 e. The van der Waals surface area contributed by atoms with Gasteiger partial charge in [0.15, 0.2) is 0 Å². The number of hydrogen-bond donors (Lipinski definition) is 1. The Hall–Kier alpha value is -0.730. The SMILES string of the molecule is Cc1cc(Cl)c(C(C)C)cc1OCCC1CNC1. The van der Waals surface area contributed by atoms with Crippen molar-refractivity contribution in [1.29, 1.82) is 0 Å². The second kappa shape index (κ2) is 5.94. The molecular weight excluding hydrogens is 246 g/mol. The van der Waals surface area contributed by atoms with Crippen molar-refractivity contribution in [3.8, 4) is 5.75 Å². The summed E-state index contributed by atoms with van der Waals surface area (Å²) >= 11 is 6.25. The molecule has 0 unspecified atom stereocenters. The van der Waals surface area contributed by atoms with Crippen molar-refractivity contribution >= 4 is 11.6 Å². The summed E-state index contributed by atoms with van der Waals surface area (Å²) in [6, 6.07) is 4.11. The summed E-state index contributed by atoms with van der Waals surface area (Å²) in [5.41, 5.74) is 2.29. The van der Waals surface area contributed by atoms with Gasteiger partial charge in [-0.3, -0.25) is 0 Å². The van der Waals surface area contributed by atoms with E-state index in [9.17, 15) is 0 Å². The molecule has 18 heavy (non-hydrogen) atoms. The average molecular weight is 268 g/mol. The third kappa shape index (κ3) is 3.18. The highest BCUT2D eigenvalue weighted by Gasteiger charge is 2.16. The van der Waals surface area contributed by atoms with E-state index in [2.05, 4.69) is 32.2 Å². The molecule has 0 amide bonds. The van der Waals surface area contributed by atoms with Gasteiger partial charge in [-0.1, -0.05) is 25.4 Å². The van der Waals surface area contributed by atoms with Gasteiger partial charge in [0, 0.05) is 5.02 Å². The van der Waals surface area contributed by atoms with Gasteiger partial charge < -0.3 is 10.1 Å². The van der Waals surface area contributed by atoms with Crippen molar-refractivity contribution in [2.45, 2.75) is 33.1 Å². The van der Waals surface area contributed by atoms with Gasteiger partial charge in [0.05, 0.1) is 6.61 Å². The molecule has 0 atom stereocenters. The first-order valence-electron chi connectivity index (χ1n) is 6.71. The molecule has 100 valence electrons. The molecule has 0 radical (unpaired) electrons. The fourth-order valence-corrected chi connectivity index (χ4v) is 2.59. The summed E-state index contributed by atoms with van der Waals surface area (Å²) < 4.78 is 5.90. The molecule has 0 saturated carbocycles. The molecule has 1 aliphatic rings. The van der Waals surface area contributed by atoms with Gasteiger partial charge in [-0.2, -0.15) is 0 Å². The standard InChI is InChI=1S/C15H22ClNO/c1-10(2)13-7-15(11(3)6-14(13)16)18-5-4-12-8-17-9-12/h6-7,10,12,17H,4-5,8-9H2,1-3H3. The van der Waals surface area contributed by atoms with Gasteiger partial charge in [0.1, 0.15) is 5.75 Å². The summed E-state index contributed by atoms with van der Waals surface area (Å²) in [4.78, 5) is 0. The van der Waals surface area contributed by atoms with Crippen LogP contribution in [0.25, 0.3) is 0 Å². The highest BCUT2D eigenvalue weighted by atomic mass is 35.5. The minimum atomic E-state index is 0.427. The largest absolute Gasteiger partial charge is 0.493 e. The Labute approximate surface area is 115 Å². The number of halogens is 1. The fraction of sp³-hybridized carbons (Fsp3) is 0.600. The lowest BCUT2D eigenvalue weighted by molar-refractivity contribution is 0.237. The van der Waals surface area contributed by atoms with E-state index in [0.717, 1.165) is 48.4 Å². The fourth-order valence-electron chi connectivity index (χ4n) is 2.15. The Kier molecular flexibility index (Phi) is 4.52. The van der Waals surface area contributed by atoms with Crippen LogP contribution in [0.3, 0.4) is 0 Å². The van der Waals surface area contributed by atoms with E-state index in [0.29, 0.717) is 5.92 Å². The van der Waals surface area contributed by atoms with E-state index >= 15 is 0 Å². The molecule has 0 bridgehead atoms. The van der Waals surface area contributed by atoms with Crippen molar-refractivity contribution < 1.29 is 4.74 Å². The third-order valence-corrected chi connectivity index (χ3v) is 3.89. The first-order chi connectivity index (χ1) is 8.58. The highest BCUT2D eigenvalue weighted by molar-refractivity contribution is 6.31. The molecule has 0 aromatic heterocycles. The zero-order chi connectivity index (χ0) is 13.1. The van der Waals surface area contributed by atoms with Gasteiger partial charge in [-0.15, -0.1) is 0 Å². The Morgan fingerprint density at radius 2 is 2.11 bits per heavy atom. The van der Waals surface area contributed by atoms with E-state index in [1.807, 2.05) is 6.07 Å². The topological polar surface area (TPSA) is 21.3 Å². The van der Waals surface area contributed by atoms with E-state index in [-0.39, 0.29) is 0 Å². The molecule has 1 fully saturated rings. The Morgan fingerprint density at radius 3 is 2.67 bits per heavy atom. The van der Waals surface area contributed by atoms with Gasteiger partial charge >= 0.3 is 0 Å². The van der Waals surface area contributed by atoms with Gasteiger partial charge in [-0.25, -0.2) is 0 Å². The average Bonchev–Trinajstić information content (AvgIpc) is 2.23. The number of benzene rings is 1. The number of hydrogen-bond acceptors (Lipinski definition) is 2. The van der Waals surface area contributed by atoms with Crippen LogP contribution in [0.15, 0.2) is 12.1 Å². The molecule has 1 N–H and O–H groups in total. The van der Waals surface area contributed by atoms with Crippen LogP contribution in [0.4, 0.5) is 0 Å². The highest BCUT2D eigenvalue weighted by Crippen LogP contribution is 2.31. The van der Waals surface area contributed by atoms with Crippen LogP contribution >= 0.6 is 11.6 Å². The molecule has 2 nitrogen and oxygen atoms in total. The van der Waals surface area contributed by atoms with Crippen LogP contribution < -0.4 is 10.1 Å². The summed E-state index contributed by atoms with van der Waals surface area (Å²) in [7, 11) is 0. The second-order valence-electron chi connectivity index (χ2n) is 5.46. The van der Waals surface area contributed by atoms with Crippen molar-refractivity contribution in [2.24, 2.45) is 5.92 Å². The Balaban J connectivity index is 1.99. The van der Waals surface area contributed by atoms with E-state index in [4.69, 9.17) is 16.3 Å². The van der Waals surface area contributed by atoms with Crippen molar-refractivity contribution in [1.82, 2.24) is 5.32 Å². The second-order valence-corrected chi connectivity index (χ2v) is 5.86. The molecule has 1 aromatic rings. The van der Waals surface area contributed by atoms with Crippen LogP contribution in [-0.4, -0.2) is 19.7 Å². The first kappa shape index (κ1) is 13.7. The smallest absolute Gasteiger partial charge is 0.122 e. The lowest BCUT2D eigenvalue weighted by Crippen LogP contribution is -2.42. The summed E-state index contributed by atoms with van der Waals surface area (Å²) in [6.45, 7) is 9.43. The quantitative estimate of drug-likeness (QED) is 0.877. The maximum absolute atomic E-state index is 6.25. The van der Waals surface area contributed by atoms with E-state index in [1.54, 1.807) is 0 Å². The molecule has 3 heteroatoms. The van der Waals surface area contributed by atoms with Crippen molar-refractivity contribution in [2.75, 3.05) is 19.7 Å². The lowest BCUT2D eigenvalue weighted by Gasteiger charge is -2.27. The monoisotopic (exact) mass is 267 g/mol. The summed E-state index contributed by atoms with van der Waals surface area (Å²) in [5.74, 6) is 2.20. The van der Waals surface area contributed by atoms with E-state index in [1.165, 1.54) is 5.56 Å². The van der Waals surface area contributed by atoms with Gasteiger partial charge in [0.2, 0.25) is 0 Å². The minimum absolute atomic E-state index is 0.427. The van der Waals surface area contributed by atoms with Crippen molar-refractivity contribution in [3.63, 3.8) is 0 Å². The Morgan fingerprint density at radius 1 is 1.39 bits per heavy atom. The van der Waals surface area contributed by atoms with Crippen LogP contribution in [-0.2, 0) is 0 Å². The first-order valence-corrected chi connectivity index (χ1v) is 7.09. The third-order valence-electron chi connectivity index (χ3n) is 3.57. The molecule has 0 aliphatic carbocycles. The van der Waals surface area contributed by atoms with Crippen LogP contribution in [0, 0.1) is 12.8 Å².